The van der Waals surface area contributed by atoms with Gasteiger partial charge in [0.1, 0.15) is 0 Å². The molecule has 0 amide bonds. The summed E-state index contributed by atoms with van der Waals surface area (Å²) in [7, 11) is 0. The normalized spacial score (nSPS) is 16.7. The SMILES string of the molecule is [2H]c1c([2H])c(N(c2ccccc2)c2ccc3c(c2)C(C)(C)c2ccc4c(sc5ccccc54)c2-3)c([2H])c([2H])c1-c1c([2H])c([2H])c2c([2H])c([2H])c([2H])c([2H])c2c1[2H]. The predicted octanol–water partition coefficient (Wildman–Crippen LogP) is 12.7. The molecule has 0 saturated carbocycles. The maximum absolute atomic E-state index is 9.41. The topological polar surface area (TPSA) is 3.24 Å². The first-order chi connectivity index (χ1) is 26.7. The number of nitrogens with zero attached hydrogens (tertiary/aromatic N) is 1. The van der Waals surface area contributed by atoms with Gasteiger partial charge in [0.25, 0.3) is 0 Å². The second-order valence-corrected chi connectivity index (χ2v) is 12.8. The van der Waals surface area contributed by atoms with Crippen LogP contribution in [-0.2, 0) is 5.41 Å². The van der Waals surface area contributed by atoms with Gasteiger partial charge in [-0.15, -0.1) is 11.3 Å². The van der Waals surface area contributed by atoms with Crippen LogP contribution >= 0.6 is 11.3 Å². The molecule has 214 valence electrons. The van der Waals surface area contributed by atoms with Crippen molar-refractivity contribution in [2.24, 2.45) is 0 Å². The number of anilines is 3. The fraction of sp³-hybridized carbons (Fsp3) is 0.0698. The molecule has 0 bridgehead atoms. The molecule has 9 rings (SSSR count). The minimum atomic E-state index is -0.630. The Labute approximate surface area is 283 Å². The van der Waals surface area contributed by atoms with E-state index < -0.39 is 83.0 Å². The van der Waals surface area contributed by atoms with E-state index in [4.69, 9.17) is 9.60 Å². The van der Waals surface area contributed by atoms with E-state index in [1.807, 2.05) is 42.5 Å². The van der Waals surface area contributed by atoms with Crippen LogP contribution in [0, 0.1) is 0 Å². The van der Waals surface area contributed by atoms with Crippen LogP contribution in [0.1, 0.15) is 40.1 Å². The molecule has 0 unspecified atom stereocenters. The Morgan fingerprint density at radius 1 is 0.600 bits per heavy atom. The molecule has 0 atom stereocenters. The third kappa shape index (κ3) is 4.06. The zero-order chi connectivity index (χ0) is 39.7. The van der Waals surface area contributed by atoms with Gasteiger partial charge in [0, 0.05) is 48.2 Å². The van der Waals surface area contributed by atoms with Gasteiger partial charge in [-0.25, -0.2) is 0 Å². The summed E-state index contributed by atoms with van der Waals surface area (Å²) in [4.78, 5) is 1.69. The van der Waals surface area contributed by atoms with Crippen molar-refractivity contribution < 1.29 is 15.1 Å². The molecule has 1 nitrogen and oxygen atoms in total. The van der Waals surface area contributed by atoms with E-state index in [1.165, 1.54) is 31.3 Å². The summed E-state index contributed by atoms with van der Waals surface area (Å²) in [6.07, 6.45) is 0. The van der Waals surface area contributed by atoms with Crippen LogP contribution in [-0.4, -0.2) is 0 Å². The molecule has 2 heteroatoms. The van der Waals surface area contributed by atoms with Crippen molar-refractivity contribution in [2.75, 3.05) is 4.90 Å². The van der Waals surface area contributed by atoms with E-state index in [0.29, 0.717) is 11.4 Å². The lowest BCUT2D eigenvalue weighted by atomic mass is 9.82. The van der Waals surface area contributed by atoms with Crippen LogP contribution < -0.4 is 4.90 Å². The quantitative estimate of drug-likeness (QED) is 0.193. The average Bonchev–Trinajstić information content (AvgIpc) is 3.68. The lowest BCUT2D eigenvalue weighted by molar-refractivity contribution is 0.661. The highest BCUT2D eigenvalue weighted by atomic mass is 32.1. The standard InChI is InChI=1S/C43H31NS/c1-43(2)38-25-24-36-35-14-8-9-15-40(35)45-42(36)41(38)37-23-22-34(27-39(37)43)44(32-12-4-3-5-13-32)33-20-18-29(19-21-33)31-17-16-28-10-6-7-11-30(28)26-31/h3-27H,1-2H3/i6D,7D,10D,11D,16D,17D,18D,19D,20D,21D,26D. The van der Waals surface area contributed by atoms with Gasteiger partial charge in [-0.1, -0.05) is 117 Å². The molecule has 7 aromatic carbocycles. The van der Waals surface area contributed by atoms with E-state index >= 15 is 0 Å². The van der Waals surface area contributed by atoms with Crippen LogP contribution in [0.5, 0.6) is 0 Å². The number of rotatable bonds is 4. The zero-order valence-corrected chi connectivity index (χ0v) is 25.3. The Kier molecular flexibility index (Phi) is 3.82. The number of benzene rings is 7. The summed E-state index contributed by atoms with van der Waals surface area (Å²) in [6, 6.07) is 21.8. The predicted molar refractivity (Wildman–Crippen MR) is 195 cm³/mol. The summed E-state index contributed by atoms with van der Waals surface area (Å²) in [5.41, 5.74) is 4.41. The molecule has 0 spiro atoms. The highest BCUT2D eigenvalue weighted by Crippen LogP contribution is 2.55. The molecule has 0 radical (unpaired) electrons. The van der Waals surface area contributed by atoms with Gasteiger partial charge in [0.15, 0.2) is 0 Å². The van der Waals surface area contributed by atoms with Gasteiger partial charge >= 0.3 is 0 Å². The van der Waals surface area contributed by atoms with Crippen molar-refractivity contribution >= 4 is 59.3 Å². The molecule has 1 aliphatic rings. The maximum atomic E-state index is 9.41. The van der Waals surface area contributed by atoms with Gasteiger partial charge < -0.3 is 4.90 Å². The molecular formula is C43H31NS. The molecular weight excluding hydrogens is 563 g/mol. The molecule has 1 aromatic heterocycles. The first kappa shape index (κ1) is 17.3. The van der Waals surface area contributed by atoms with Crippen molar-refractivity contribution in [3.05, 3.63) is 163 Å². The Hall–Kier alpha value is -5.18. The number of hydrogen-bond donors (Lipinski definition) is 0. The van der Waals surface area contributed by atoms with E-state index in [9.17, 15) is 5.48 Å². The minimum absolute atomic E-state index is 0.0537. The van der Waals surface area contributed by atoms with Crippen LogP contribution in [0.25, 0.3) is 53.2 Å². The smallest absolute Gasteiger partial charge is 0.0645 e. The van der Waals surface area contributed by atoms with Crippen molar-refractivity contribution in [3.8, 4) is 22.3 Å². The monoisotopic (exact) mass is 604 g/mol. The molecule has 0 N–H and O–H groups in total. The van der Waals surface area contributed by atoms with E-state index in [1.54, 1.807) is 16.2 Å². The van der Waals surface area contributed by atoms with Gasteiger partial charge in [-0.05, 0) is 87.0 Å². The fourth-order valence-corrected chi connectivity index (χ4v) is 7.83. The summed E-state index contributed by atoms with van der Waals surface area (Å²) < 4.78 is 99.6. The minimum Gasteiger partial charge on any atom is -0.310 e. The van der Waals surface area contributed by atoms with Crippen LogP contribution in [0.4, 0.5) is 17.1 Å². The highest BCUT2D eigenvalue weighted by molar-refractivity contribution is 7.26. The molecule has 45 heavy (non-hydrogen) atoms. The number of fused-ring (bicyclic) bond motifs is 8. The fourth-order valence-electron chi connectivity index (χ4n) is 6.56. The summed E-state index contributed by atoms with van der Waals surface area (Å²) >= 11 is 1.77. The summed E-state index contributed by atoms with van der Waals surface area (Å²) in [5.74, 6) is 0. The molecule has 8 aromatic rings. The highest BCUT2D eigenvalue weighted by Gasteiger charge is 2.37. The second-order valence-electron chi connectivity index (χ2n) is 11.7. The Morgan fingerprint density at radius 2 is 1.36 bits per heavy atom. The van der Waals surface area contributed by atoms with Crippen molar-refractivity contribution in [1.82, 2.24) is 0 Å². The summed E-state index contributed by atoms with van der Waals surface area (Å²) in [6.45, 7) is 4.36. The van der Waals surface area contributed by atoms with E-state index in [-0.39, 0.29) is 16.5 Å². The Balaban J connectivity index is 1.27. The third-order valence-corrected chi connectivity index (χ3v) is 9.98. The first-order valence-corrected chi connectivity index (χ1v) is 15.5. The van der Waals surface area contributed by atoms with Crippen LogP contribution in [0.3, 0.4) is 0 Å². The molecule has 0 aliphatic heterocycles. The first-order valence-electron chi connectivity index (χ1n) is 20.2. The van der Waals surface area contributed by atoms with Crippen molar-refractivity contribution in [3.63, 3.8) is 0 Å². The van der Waals surface area contributed by atoms with Crippen molar-refractivity contribution in [1.29, 1.82) is 0 Å². The lowest BCUT2D eigenvalue weighted by Crippen LogP contribution is -2.16. The van der Waals surface area contributed by atoms with Gasteiger partial charge in [0.2, 0.25) is 0 Å². The molecule has 0 saturated heterocycles. The van der Waals surface area contributed by atoms with Crippen LogP contribution in [0.15, 0.2) is 151 Å². The third-order valence-electron chi connectivity index (χ3n) is 8.77. The molecule has 0 fully saturated rings. The van der Waals surface area contributed by atoms with Gasteiger partial charge in [-0.3, -0.25) is 0 Å². The number of para-hydroxylation sites is 1. The molecule has 1 heterocycles. The maximum Gasteiger partial charge on any atom is 0.0645 e. The summed E-state index contributed by atoms with van der Waals surface area (Å²) in [5, 5.41) is 1.77. The Morgan fingerprint density at radius 3 is 2.20 bits per heavy atom. The van der Waals surface area contributed by atoms with E-state index in [2.05, 4.69) is 56.3 Å². The van der Waals surface area contributed by atoms with Gasteiger partial charge in [-0.2, -0.15) is 0 Å². The zero-order valence-electron chi connectivity index (χ0n) is 35.4. The molecule has 1 aliphatic carbocycles. The van der Waals surface area contributed by atoms with Gasteiger partial charge in [0.05, 0.1) is 15.1 Å². The average molecular weight is 605 g/mol. The van der Waals surface area contributed by atoms with Crippen molar-refractivity contribution in [2.45, 2.75) is 19.3 Å². The van der Waals surface area contributed by atoms with Crippen LogP contribution in [0.2, 0.25) is 0 Å². The second kappa shape index (κ2) is 9.92. The Bertz CT molecular complexity index is 3000. The largest absolute Gasteiger partial charge is 0.310 e. The van der Waals surface area contributed by atoms with E-state index in [0.717, 1.165) is 11.1 Å². The lowest BCUT2D eigenvalue weighted by Gasteiger charge is -2.28. The number of hydrogen-bond acceptors (Lipinski definition) is 2. The number of thiophene rings is 1.